The predicted molar refractivity (Wildman–Crippen MR) is 79.4 cm³/mol. The highest BCUT2D eigenvalue weighted by molar-refractivity contribution is 7.21. The number of thiophene rings is 1. The van der Waals surface area contributed by atoms with E-state index in [1.807, 2.05) is 6.07 Å². The highest BCUT2D eigenvalue weighted by atomic mass is 32.1. The van der Waals surface area contributed by atoms with E-state index >= 15 is 0 Å². The molecule has 1 amide bonds. The molecule has 3 aromatic heterocycles. The molecule has 3 rings (SSSR count). The second kappa shape index (κ2) is 4.50. The van der Waals surface area contributed by atoms with Gasteiger partial charge in [0.25, 0.3) is 5.91 Å². The van der Waals surface area contributed by atoms with Crippen molar-refractivity contribution in [3.8, 4) is 17.2 Å². The molecule has 0 saturated carbocycles. The van der Waals surface area contributed by atoms with Crippen LogP contribution in [-0.4, -0.2) is 10.9 Å². The van der Waals surface area contributed by atoms with Gasteiger partial charge in [-0.2, -0.15) is 5.26 Å². The second-order valence-electron chi connectivity index (χ2n) is 4.26. The molecule has 7 nitrogen and oxygen atoms in total. The number of primary amides is 1. The number of rotatable bonds is 2. The zero-order valence-electron chi connectivity index (χ0n) is 10.6. The van der Waals surface area contributed by atoms with Gasteiger partial charge in [0.1, 0.15) is 27.2 Å². The molecule has 21 heavy (non-hydrogen) atoms. The van der Waals surface area contributed by atoms with E-state index in [4.69, 9.17) is 21.6 Å². The molecule has 6 N–H and O–H groups in total. The summed E-state index contributed by atoms with van der Waals surface area (Å²) in [4.78, 5) is 16.2. The van der Waals surface area contributed by atoms with Crippen LogP contribution in [0.1, 0.15) is 15.2 Å². The van der Waals surface area contributed by atoms with E-state index in [9.17, 15) is 10.1 Å². The number of nitrogen functional groups attached to an aromatic ring is 2. The normalized spacial score (nSPS) is 10.6. The van der Waals surface area contributed by atoms with Crippen LogP contribution in [0.5, 0.6) is 0 Å². The van der Waals surface area contributed by atoms with Crippen LogP contribution in [0.25, 0.3) is 21.3 Å². The first-order valence-corrected chi connectivity index (χ1v) is 6.60. The van der Waals surface area contributed by atoms with E-state index in [1.54, 1.807) is 6.07 Å². The SMILES string of the molecule is N#Cc1c(N)nc2sc(C(N)=O)c(N)c2c1-c1ccoc1. The zero-order valence-corrected chi connectivity index (χ0v) is 11.4. The first-order valence-electron chi connectivity index (χ1n) is 5.78. The van der Waals surface area contributed by atoms with E-state index in [1.165, 1.54) is 12.5 Å². The second-order valence-corrected chi connectivity index (χ2v) is 5.26. The Kier molecular flexibility index (Phi) is 2.78. The first-order chi connectivity index (χ1) is 10.0. The number of aromatic nitrogens is 1. The van der Waals surface area contributed by atoms with E-state index < -0.39 is 5.91 Å². The molecule has 0 spiro atoms. The summed E-state index contributed by atoms with van der Waals surface area (Å²) in [5.41, 5.74) is 18.6. The fourth-order valence-corrected chi connectivity index (χ4v) is 3.13. The minimum atomic E-state index is -0.647. The molecule has 3 aromatic rings. The molecule has 104 valence electrons. The van der Waals surface area contributed by atoms with Crippen LogP contribution in [0.2, 0.25) is 0 Å². The number of anilines is 2. The van der Waals surface area contributed by atoms with Gasteiger partial charge in [-0.3, -0.25) is 4.79 Å². The smallest absolute Gasteiger partial charge is 0.260 e. The lowest BCUT2D eigenvalue weighted by molar-refractivity contribution is 0.100. The molecule has 8 heteroatoms. The quantitative estimate of drug-likeness (QED) is 0.656. The molecule has 0 fully saturated rings. The Labute approximate surface area is 122 Å². The van der Waals surface area contributed by atoms with Gasteiger partial charge in [0.15, 0.2) is 0 Å². The van der Waals surface area contributed by atoms with Crippen molar-refractivity contribution in [3.05, 3.63) is 29.0 Å². The Morgan fingerprint density at radius 2 is 2.19 bits per heavy atom. The minimum Gasteiger partial charge on any atom is -0.472 e. The fraction of sp³-hybridized carbons (Fsp3) is 0. The highest BCUT2D eigenvalue weighted by Gasteiger charge is 2.23. The highest BCUT2D eigenvalue weighted by Crippen LogP contribution is 2.42. The van der Waals surface area contributed by atoms with E-state index in [0.29, 0.717) is 21.3 Å². The number of hydrogen-bond donors (Lipinski definition) is 3. The van der Waals surface area contributed by atoms with Crippen molar-refractivity contribution < 1.29 is 9.21 Å². The Hall–Kier alpha value is -3.05. The zero-order chi connectivity index (χ0) is 15.1. The molecular formula is C13H9N5O2S. The Morgan fingerprint density at radius 3 is 2.76 bits per heavy atom. The average Bonchev–Trinajstić information content (AvgIpc) is 3.06. The largest absolute Gasteiger partial charge is 0.472 e. The molecule has 0 aliphatic heterocycles. The first kappa shape index (κ1) is 13.0. The number of hydrogen-bond acceptors (Lipinski definition) is 7. The van der Waals surface area contributed by atoms with Gasteiger partial charge in [-0.1, -0.05) is 0 Å². The van der Waals surface area contributed by atoms with Crippen LogP contribution in [0, 0.1) is 11.3 Å². The molecule has 0 atom stereocenters. The maximum atomic E-state index is 11.4. The van der Waals surface area contributed by atoms with Gasteiger partial charge in [0.05, 0.1) is 18.2 Å². The van der Waals surface area contributed by atoms with Crippen molar-refractivity contribution >= 4 is 39.0 Å². The summed E-state index contributed by atoms with van der Waals surface area (Å²) in [6, 6.07) is 3.69. The number of carbonyl (C=O) groups is 1. The summed E-state index contributed by atoms with van der Waals surface area (Å²) in [6.45, 7) is 0. The van der Waals surface area contributed by atoms with Gasteiger partial charge in [0, 0.05) is 16.5 Å². The van der Waals surface area contributed by atoms with Crippen molar-refractivity contribution in [3.63, 3.8) is 0 Å². The van der Waals surface area contributed by atoms with Crippen LogP contribution in [-0.2, 0) is 0 Å². The Balaban J connectivity index is 2.52. The molecule has 3 heterocycles. The van der Waals surface area contributed by atoms with Crippen molar-refractivity contribution in [2.75, 3.05) is 11.5 Å². The van der Waals surface area contributed by atoms with Gasteiger partial charge in [-0.05, 0) is 6.07 Å². The standard InChI is InChI=1S/C13H9N5O2S/c14-3-6-7(5-1-2-20-4-5)8-9(15)10(12(17)19)21-13(8)18-11(6)16/h1-2,4H,15H2,(H2,16,18)(H2,17,19). The van der Waals surface area contributed by atoms with Gasteiger partial charge >= 0.3 is 0 Å². The third-order valence-electron chi connectivity index (χ3n) is 3.05. The minimum absolute atomic E-state index is 0.0680. The average molecular weight is 299 g/mol. The number of amides is 1. The maximum Gasteiger partial charge on any atom is 0.260 e. The number of nitriles is 1. The molecule has 0 bridgehead atoms. The lowest BCUT2D eigenvalue weighted by atomic mass is 9.99. The summed E-state index contributed by atoms with van der Waals surface area (Å²) in [5.74, 6) is -0.579. The van der Waals surface area contributed by atoms with Crippen LogP contribution < -0.4 is 17.2 Å². The number of pyridine rings is 1. The Bertz CT molecular complexity index is 905. The number of fused-ring (bicyclic) bond motifs is 1. The summed E-state index contributed by atoms with van der Waals surface area (Å²) >= 11 is 1.05. The molecule has 0 aliphatic carbocycles. The van der Waals surface area contributed by atoms with E-state index in [-0.39, 0.29) is 21.9 Å². The van der Waals surface area contributed by atoms with Crippen molar-refractivity contribution in [2.45, 2.75) is 0 Å². The molecule has 0 aromatic carbocycles. The van der Waals surface area contributed by atoms with Crippen molar-refractivity contribution in [1.82, 2.24) is 4.98 Å². The van der Waals surface area contributed by atoms with Gasteiger partial charge < -0.3 is 21.6 Å². The monoisotopic (exact) mass is 299 g/mol. The maximum absolute atomic E-state index is 11.4. The van der Waals surface area contributed by atoms with Gasteiger partial charge in [0.2, 0.25) is 0 Å². The van der Waals surface area contributed by atoms with Crippen LogP contribution in [0.3, 0.4) is 0 Å². The lowest BCUT2D eigenvalue weighted by Crippen LogP contribution is -2.10. The van der Waals surface area contributed by atoms with Crippen molar-refractivity contribution in [2.24, 2.45) is 5.73 Å². The number of nitrogens with two attached hydrogens (primary N) is 3. The predicted octanol–water partition coefficient (Wildman–Crippen LogP) is 1.69. The molecule has 0 saturated heterocycles. The number of carbonyl (C=O) groups excluding carboxylic acids is 1. The van der Waals surface area contributed by atoms with Crippen LogP contribution in [0.15, 0.2) is 23.0 Å². The molecule has 0 radical (unpaired) electrons. The fourth-order valence-electron chi connectivity index (χ4n) is 2.16. The molecule has 0 unspecified atom stereocenters. The van der Waals surface area contributed by atoms with Gasteiger partial charge in [-0.15, -0.1) is 11.3 Å². The third-order valence-corrected chi connectivity index (χ3v) is 4.16. The summed E-state index contributed by atoms with van der Waals surface area (Å²) in [6.07, 6.45) is 2.94. The number of nitrogens with zero attached hydrogens (tertiary/aromatic N) is 2. The van der Waals surface area contributed by atoms with E-state index in [0.717, 1.165) is 11.3 Å². The van der Waals surface area contributed by atoms with Gasteiger partial charge in [-0.25, -0.2) is 4.98 Å². The lowest BCUT2D eigenvalue weighted by Gasteiger charge is -2.06. The molecular weight excluding hydrogens is 290 g/mol. The summed E-state index contributed by atoms with van der Waals surface area (Å²) in [7, 11) is 0. The topological polar surface area (TPSA) is 145 Å². The number of furan rings is 1. The van der Waals surface area contributed by atoms with Crippen LogP contribution in [0.4, 0.5) is 11.5 Å². The van der Waals surface area contributed by atoms with E-state index in [2.05, 4.69) is 4.98 Å². The Morgan fingerprint density at radius 1 is 1.43 bits per heavy atom. The van der Waals surface area contributed by atoms with Crippen LogP contribution >= 0.6 is 11.3 Å². The molecule has 0 aliphatic rings. The van der Waals surface area contributed by atoms with Crippen molar-refractivity contribution in [1.29, 1.82) is 5.26 Å². The summed E-state index contributed by atoms with van der Waals surface area (Å²) < 4.78 is 5.05. The summed E-state index contributed by atoms with van der Waals surface area (Å²) in [5, 5.41) is 9.82. The third kappa shape index (κ3) is 1.79.